The van der Waals surface area contributed by atoms with Crippen molar-refractivity contribution in [2.75, 3.05) is 0 Å². The maximum absolute atomic E-state index is 12.4. The van der Waals surface area contributed by atoms with E-state index >= 15 is 0 Å². The third-order valence-electron chi connectivity index (χ3n) is 3.37. The molecule has 0 atom stereocenters. The monoisotopic (exact) mass is 313 g/mol. The van der Waals surface area contributed by atoms with Gasteiger partial charge in [-0.25, -0.2) is 0 Å². The molecule has 4 nitrogen and oxygen atoms in total. The van der Waals surface area contributed by atoms with Crippen LogP contribution in [0.15, 0.2) is 45.7 Å². The first-order valence-electron chi connectivity index (χ1n) is 6.90. The Morgan fingerprint density at radius 1 is 1.09 bits per heavy atom. The molecule has 0 unspecified atom stereocenters. The van der Waals surface area contributed by atoms with E-state index in [4.69, 9.17) is 4.42 Å². The molecule has 1 aromatic heterocycles. The number of amides is 2. The smallest absolute Gasteiger partial charge is 0.293 e. The quantitative estimate of drug-likeness (QED) is 0.799. The van der Waals surface area contributed by atoms with Crippen molar-refractivity contribution in [1.82, 2.24) is 4.90 Å². The van der Waals surface area contributed by atoms with E-state index in [1.54, 1.807) is 12.1 Å². The molecule has 22 heavy (non-hydrogen) atoms. The molecule has 2 aromatic rings. The van der Waals surface area contributed by atoms with Gasteiger partial charge in [-0.2, -0.15) is 0 Å². The van der Waals surface area contributed by atoms with Crippen LogP contribution in [0.2, 0.25) is 0 Å². The number of nitrogens with zero attached hydrogens (tertiary/aromatic N) is 1. The first-order valence-corrected chi connectivity index (χ1v) is 7.72. The molecule has 1 aliphatic rings. The van der Waals surface area contributed by atoms with Gasteiger partial charge in [0.25, 0.3) is 11.1 Å². The Bertz CT molecular complexity index is 758. The lowest BCUT2D eigenvalue weighted by Crippen LogP contribution is -2.27. The van der Waals surface area contributed by atoms with E-state index in [0.29, 0.717) is 17.2 Å². The van der Waals surface area contributed by atoms with Crippen molar-refractivity contribution in [3.63, 3.8) is 0 Å². The Labute approximate surface area is 132 Å². The summed E-state index contributed by atoms with van der Waals surface area (Å²) in [5, 5.41) is -0.250. The molecule has 0 N–H and O–H groups in total. The minimum Gasteiger partial charge on any atom is -0.462 e. The second kappa shape index (κ2) is 5.85. The molecule has 0 radical (unpaired) electrons. The standard InChI is InChI=1S/C17H15NO3S/c1-11-3-6-13(7-4-11)10-18-16(19)15(22-17(18)20)9-14-8-5-12(2)21-14/h3-9H,10H2,1-2H3/b15-9-. The number of hydrogen-bond acceptors (Lipinski definition) is 4. The van der Waals surface area contributed by atoms with Gasteiger partial charge in [-0.3, -0.25) is 14.5 Å². The predicted molar refractivity (Wildman–Crippen MR) is 86.1 cm³/mol. The molecule has 1 fully saturated rings. The summed E-state index contributed by atoms with van der Waals surface area (Å²) in [4.78, 5) is 26.1. The maximum Gasteiger partial charge on any atom is 0.293 e. The van der Waals surface area contributed by atoms with Gasteiger partial charge in [-0.15, -0.1) is 0 Å². The maximum atomic E-state index is 12.4. The molecule has 0 spiro atoms. The average molecular weight is 313 g/mol. The van der Waals surface area contributed by atoms with E-state index in [9.17, 15) is 9.59 Å². The fourth-order valence-corrected chi connectivity index (χ4v) is 2.99. The Balaban J connectivity index is 1.79. The van der Waals surface area contributed by atoms with E-state index in [1.807, 2.05) is 44.2 Å². The number of aryl methyl sites for hydroxylation is 2. The van der Waals surface area contributed by atoms with E-state index in [1.165, 1.54) is 4.90 Å². The van der Waals surface area contributed by atoms with Crippen LogP contribution in [0.4, 0.5) is 4.79 Å². The van der Waals surface area contributed by atoms with Gasteiger partial charge in [-0.05, 0) is 43.3 Å². The van der Waals surface area contributed by atoms with Crippen molar-refractivity contribution in [1.29, 1.82) is 0 Å². The third-order valence-corrected chi connectivity index (χ3v) is 4.28. The van der Waals surface area contributed by atoms with Crippen LogP contribution in [-0.2, 0) is 11.3 Å². The van der Waals surface area contributed by atoms with Gasteiger partial charge in [0.2, 0.25) is 0 Å². The Kier molecular flexibility index (Phi) is 3.90. The Hall–Kier alpha value is -2.27. The number of carbonyl (C=O) groups is 2. The molecule has 1 aromatic carbocycles. The highest BCUT2D eigenvalue weighted by Crippen LogP contribution is 2.33. The van der Waals surface area contributed by atoms with Crippen molar-refractivity contribution >= 4 is 29.0 Å². The number of rotatable bonds is 3. The average Bonchev–Trinajstić information content (AvgIpc) is 3.00. The molecule has 1 aliphatic heterocycles. The summed E-state index contributed by atoms with van der Waals surface area (Å²) in [7, 11) is 0. The molecule has 3 rings (SSSR count). The number of imide groups is 1. The van der Waals surface area contributed by atoms with Gasteiger partial charge in [0.05, 0.1) is 11.4 Å². The predicted octanol–water partition coefficient (Wildman–Crippen LogP) is 4.13. The van der Waals surface area contributed by atoms with Crippen LogP contribution in [0.5, 0.6) is 0 Å². The molecule has 0 saturated carbocycles. The minimum absolute atomic E-state index is 0.250. The summed E-state index contributed by atoms with van der Waals surface area (Å²) in [6, 6.07) is 11.4. The summed E-state index contributed by atoms with van der Waals surface area (Å²) in [6.45, 7) is 4.12. The molecule has 2 heterocycles. The highest BCUT2D eigenvalue weighted by atomic mass is 32.2. The number of benzene rings is 1. The highest BCUT2D eigenvalue weighted by molar-refractivity contribution is 8.18. The molecule has 2 amide bonds. The lowest BCUT2D eigenvalue weighted by Gasteiger charge is -2.12. The van der Waals surface area contributed by atoms with Gasteiger partial charge in [0.1, 0.15) is 11.5 Å². The molecule has 112 valence electrons. The van der Waals surface area contributed by atoms with Crippen LogP contribution in [-0.4, -0.2) is 16.0 Å². The fourth-order valence-electron chi connectivity index (χ4n) is 2.17. The number of furan rings is 1. The van der Waals surface area contributed by atoms with Crippen LogP contribution in [0, 0.1) is 13.8 Å². The summed E-state index contributed by atoms with van der Waals surface area (Å²) in [5.74, 6) is 1.08. The van der Waals surface area contributed by atoms with Gasteiger partial charge in [0.15, 0.2) is 0 Å². The lowest BCUT2D eigenvalue weighted by atomic mass is 10.1. The van der Waals surface area contributed by atoms with Gasteiger partial charge >= 0.3 is 0 Å². The van der Waals surface area contributed by atoms with Crippen LogP contribution in [0.3, 0.4) is 0 Å². The fraction of sp³-hybridized carbons (Fsp3) is 0.176. The van der Waals surface area contributed by atoms with Gasteiger partial charge in [0, 0.05) is 6.08 Å². The first-order chi connectivity index (χ1) is 10.5. The van der Waals surface area contributed by atoms with Crippen molar-refractivity contribution in [2.24, 2.45) is 0 Å². The Morgan fingerprint density at radius 2 is 1.82 bits per heavy atom. The van der Waals surface area contributed by atoms with Gasteiger partial charge < -0.3 is 4.42 Å². The molecule has 0 bridgehead atoms. The zero-order valence-corrected chi connectivity index (χ0v) is 13.1. The first kappa shape index (κ1) is 14.7. The van der Waals surface area contributed by atoms with E-state index < -0.39 is 0 Å². The number of thioether (sulfide) groups is 1. The molecular formula is C17H15NO3S. The molecule has 0 aliphatic carbocycles. The summed E-state index contributed by atoms with van der Waals surface area (Å²) < 4.78 is 5.42. The van der Waals surface area contributed by atoms with Crippen LogP contribution >= 0.6 is 11.8 Å². The van der Waals surface area contributed by atoms with E-state index in [-0.39, 0.29) is 11.1 Å². The van der Waals surface area contributed by atoms with Crippen molar-refractivity contribution in [3.8, 4) is 0 Å². The van der Waals surface area contributed by atoms with Crippen molar-refractivity contribution < 1.29 is 14.0 Å². The zero-order chi connectivity index (χ0) is 15.7. The summed E-state index contributed by atoms with van der Waals surface area (Å²) >= 11 is 0.947. The van der Waals surface area contributed by atoms with Crippen molar-refractivity contribution in [3.05, 3.63) is 64.0 Å². The minimum atomic E-state index is -0.273. The lowest BCUT2D eigenvalue weighted by molar-refractivity contribution is -0.123. The van der Waals surface area contributed by atoms with Crippen molar-refractivity contribution in [2.45, 2.75) is 20.4 Å². The SMILES string of the molecule is Cc1ccc(CN2C(=O)S/C(=C\c3ccc(C)o3)C2=O)cc1. The van der Waals surface area contributed by atoms with Crippen LogP contribution in [0.25, 0.3) is 6.08 Å². The van der Waals surface area contributed by atoms with Crippen LogP contribution in [0.1, 0.15) is 22.6 Å². The largest absolute Gasteiger partial charge is 0.462 e. The van der Waals surface area contributed by atoms with E-state index in [2.05, 4.69) is 0 Å². The summed E-state index contributed by atoms with van der Waals surface area (Å²) in [5.41, 5.74) is 2.08. The van der Waals surface area contributed by atoms with Gasteiger partial charge in [-0.1, -0.05) is 29.8 Å². The number of hydrogen-bond donors (Lipinski definition) is 0. The molecular weight excluding hydrogens is 298 g/mol. The third kappa shape index (κ3) is 2.99. The normalized spacial score (nSPS) is 16.8. The van der Waals surface area contributed by atoms with Crippen LogP contribution < -0.4 is 0 Å². The molecule has 5 heteroatoms. The Morgan fingerprint density at radius 3 is 2.45 bits per heavy atom. The number of carbonyl (C=O) groups excluding carboxylic acids is 2. The second-order valence-electron chi connectivity index (χ2n) is 5.20. The van der Waals surface area contributed by atoms with E-state index in [0.717, 1.165) is 28.6 Å². The topological polar surface area (TPSA) is 50.5 Å². The molecule has 1 saturated heterocycles. The zero-order valence-electron chi connectivity index (χ0n) is 12.3. The second-order valence-corrected chi connectivity index (χ2v) is 6.20. The highest BCUT2D eigenvalue weighted by Gasteiger charge is 2.35. The summed E-state index contributed by atoms with van der Waals surface area (Å²) in [6.07, 6.45) is 1.62.